The highest BCUT2D eigenvalue weighted by atomic mass is 16.5. The van der Waals surface area contributed by atoms with Gasteiger partial charge in [-0.05, 0) is 69.4 Å². The van der Waals surface area contributed by atoms with Crippen LogP contribution < -0.4 is 4.74 Å². The summed E-state index contributed by atoms with van der Waals surface area (Å²) >= 11 is 0. The summed E-state index contributed by atoms with van der Waals surface area (Å²) in [6, 6.07) is 36.2. The van der Waals surface area contributed by atoms with E-state index in [1.807, 2.05) is 12.1 Å². The van der Waals surface area contributed by atoms with Crippen molar-refractivity contribution in [2.24, 2.45) is 0 Å². The van der Waals surface area contributed by atoms with Crippen LogP contribution in [0.1, 0.15) is 17.0 Å². The van der Waals surface area contributed by atoms with E-state index in [0.29, 0.717) is 12.4 Å². The molecule has 6 aromatic rings. The molecule has 36 heavy (non-hydrogen) atoms. The molecule has 4 aromatic carbocycles. The quantitative estimate of drug-likeness (QED) is 0.292. The van der Waals surface area contributed by atoms with Crippen LogP contribution in [0.25, 0.3) is 33.3 Å². The predicted octanol–water partition coefficient (Wildman–Crippen LogP) is 6.42. The fourth-order valence-corrected chi connectivity index (χ4v) is 4.74. The smallest absolute Gasteiger partial charge is 0.186 e. The van der Waals surface area contributed by atoms with Crippen molar-refractivity contribution in [1.82, 2.24) is 25.2 Å². The van der Waals surface area contributed by atoms with Gasteiger partial charge in [0.05, 0.1) is 5.69 Å². The fraction of sp³-hybridized carbons (Fsp3) is 0.100. The van der Waals surface area contributed by atoms with Crippen molar-refractivity contribution < 1.29 is 4.74 Å². The third-order valence-electron chi connectivity index (χ3n) is 6.50. The summed E-state index contributed by atoms with van der Waals surface area (Å²) < 4.78 is 8.22. The number of fused-ring (bicyclic) bond motifs is 1. The third kappa shape index (κ3) is 4.25. The van der Waals surface area contributed by atoms with Crippen LogP contribution in [0.2, 0.25) is 0 Å². The molecule has 0 unspecified atom stereocenters. The van der Waals surface area contributed by atoms with Crippen molar-refractivity contribution in [2.45, 2.75) is 20.1 Å². The first-order valence-electron chi connectivity index (χ1n) is 11.9. The molecule has 0 saturated carbocycles. The van der Waals surface area contributed by atoms with Crippen LogP contribution in [0.4, 0.5) is 0 Å². The van der Waals surface area contributed by atoms with Gasteiger partial charge in [0.2, 0.25) is 0 Å². The topological polar surface area (TPSA) is 68.6 Å². The van der Waals surface area contributed by atoms with Gasteiger partial charge >= 0.3 is 0 Å². The van der Waals surface area contributed by atoms with E-state index in [-0.39, 0.29) is 0 Å². The van der Waals surface area contributed by atoms with Gasteiger partial charge in [0.15, 0.2) is 5.82 Å². The number of nitrogens with one attached hydrogen (secondary N) is 1. The van der Waals surface area contributed by atoms with E-state index in [1.165, 1.54) is 38.9 Å². The second-order valence-electron chi connectivity index (χ2n) is 8.80. The summed E-state index contributed by atoms with van der Waals surface area (Å²) in [6.07, 6.45) is 0. The lowest BCUT2D eigenvalue weighted by Crippen LogP contribution is -2.02. The second-order valence-corrected chi connectivity index (χ2v) is 8.80. The molecule has 2 aromatic heterocycles. The minimum Gasteiger partial charge on any atom is -0.486 e. The molecule has 1 N–H and O–H groups in total. The number of hydrogen-bond donors (Lipinski definition) is 1. The van der Waals surface area contributed by atoms with Gasteiger partial charge in [0.1, 0.15) is 12.4 Å². The lowest BCUT2D eigenvalue weighted by molar-refractivity contribution is 0.296. The van der Waals surface area contributed by atoms with Crippen LogP contribution >= 0.6 is 0 Å². The molecule has 0 atom stereocenters. The van der Waals surface area contributed by atoms with Crippen molar-refractivity contribution >= 4 is 10.9 Å². The number of tetrazole rings is 1. The van der Waals surface area contributed by atoms with Gasteiger partial charge in [-0.3, -0.25) is 0 Å². The van der Waals surface area contributed by atoms with E-state index in [0.717, 1.165) is 17.9 Å². The molecule has 0 radical (unpaired) electrons. The Bertz CT molecular complexity index is 1590. The molecule has 6 heteroatoms. The molecule has 2 heterocycles. The number of ether oxygens (including phenoxy) is 1. The second kappa shape index (κ2) is 9.50. The SMILES string of the molecule is Cc1c(-c2ccccc2)n(Cc2ccccc2)c2ccc(-c3ccc(OCc4nnn[nH]4)cc3)cc12. The van der Waals surface area contributed by atoms with Crippen molar-refractivity contribution in [1.29, 1.82) is 0 Å². The minimum atomic E-state index is 0.300. The van der Waals surface area contributed by atoms with Crippen molar-refractivity contribution in [3.63, 3.8) is 0 Å². The number of benzene rings is 4. The zero-order chi connectivity index (χ0) is 24.3. The molecule has 0 amide bonds. The van der Waals surface area contributed by atoms with Gasteiger partial charge in [-0.2, -0.15) is 0 Å². The van der Waals surface area contributed by atoms with Crippen LogP contribution in [0.5, 0.6) is 5.75 Å². The van der Waals surface area contributed by atoms with E-state index < -0.39 is 0 Å². The summed E-state index contributed by atoms with van der Waals surface area (Å²) in [6.45, 7) is 3.35. The monoisotopic (exact) mass is 471 g/mol. The predicted molar refractivity (Wildman–Crippen MR) is 142 cm³/mol. The Kier molecular flexibility index (Phi) is 5.75. The molecule has 0 fully saturated rings. The van der Waals surface area contributed by atoms with Crippen LogP contribution in [-0.4, -0.2) is 25.2 Å². The lowest BCUT2D eigenvalue weighted by Gasteiger charge is -2.12. The molecule has 0 aliphatic heterocycles. The van der Waals surface area contributed by atoms with Crippen LogP contribution in [0.3, 0.4) is 0 Å². The number of hydrogen-bond acceptors (Lipinski definition) is 4. The van der Waals surface area contributed by atoms with E-state index in [9.17, 15) is 0 Å². The van der Waals surface area contributed by atoms with Crippen LogP contribution in [0, 0.1) is 6.92 Å². The largest absolute Gasteiger partial charge is 0.486 e. The molecule has 0 aliphatic rings. The van der Waals surface area contributed by atoms with Crippen molar-refractivity contribution in [2.75, 3.05) is 0 Å². The lowest BCUT2D eigenvalue weighted by atomic mass is 10.0. The van der Waals surface area contributed by atoms with Crippen LogP contribution in [-0.2, 0) is 13.2 Å². The zero-order valence-electron chi connectivity index (χ0n) is 19.9. The Morgan fingerprint density at radius 3 is 2.22 bits per heavy atom. The Labute approximate surface area is 209 Å². The molecule has 0 spiro atoms. The molecular formula is C30H25N5O. The Balaban J connectivity index is 1.37. The molecular weight excluding hydrogens is 446 g/mol. The standard InChI is InChI=1S/C30H25N5O/c1-21-27-18-25(23-12-15-26(16-13-23)36-20-29-31-33-34-32-29)14-17-28(27)35(19-22-8-4-2-5-9-22)30(21)24-10-6-3-7-11-24/h2-18H,19-20H2,1H3,(H,31,32,33,34). The van der Waals surface area contributed by atoms with Gasteiger partial charge < -0.3 is 9.30 Å². The molecule has 0 bridgehead atoms. The van der Waals surface area contributed by atoms with Crippen molar-refractivity contribution in [3.8, 4) is 28.1 Å². The molecule has 6 rings (SSSR count). The maximum absolute atomic E-state index is 5.78. The average molecular weight is 472 g/mol. The third-order valence-corrected chi connectivity index (χ3v) is 6.50. The van der Waals surface area contributed by atoms with E-state index in [1.54, 1.807) is 0 Å². The van der Waals surface area contributed by atoms with Gasteiger partial charge in [-0.1, -0.05) is 78.9 Å². The van der Waals surface area contributed by atoms with Crippen LogP contribution in [0.15, 0.2) is 103 Å². The van der Waals surface area contributed by atoms with Gasteiger partial charge in [-0.15, -0.1) is 5.10 Å². The highest BCUT2D eigenvalue weighted by Gasteiger charge is 2.17. The number of nitrogens with zero attached hydrogens (tertiary/aromatic N) is 4. The van der Waals surface area contributed by atoms with Crippen molar-refractivity contribution in [3.05, 3.63) is 120 Å². The first-order valence-corrected chi connectivity index (χ1v) is 11.9. The maximum atomic E-state index is 5.78. The highest BCUT2D eigenvalue weighted by molar-refractivity contribution is 5.94. The Morgan fingerprint density at radius 2 is 1.50 bits per heavy atom. The Morgan fingerprint density at radius 1 is 0.778 bits per heavy atom. The molecule has 0 saturated heterocycles. The highest BCUT2D eigenvalue weighted by Crippen LogP contribution is 2.36. The zero-order valence-corrected chi connectivity index (χ0v) is 19.9. The minimum absolute atomic E-state index is 0.300. The summed E-state index contributed by atoms with van der Waals surface area (Å²) in [5, 5.41) is 14.9. The first kappa shape index (κ1) is 21.8. The fourth-order valence-electron chi connectivity index (χ4n) is 4.74. The number of aromatic amines is 1. The van der Waals surface area contributed by atoms with E-state index >= 15 is 0 Å². The summed E-state index contributed by atoms with van der Waals surface area (Å²) in [5.41, 5.74) is 8.61. The van der Waals surface area contributed by atoms with Gasteiger partial charge in [0, 0.05) is 17.4 Å². The van der Waals surface area contributed by atoms with E-state index in [4.69, 9.17) is 4.74 Å². The molecule has 6 nitrogen and oxygen atoms in total. The Hall–Kier alpha value is -4.71. The summed E-state index contributed by atoms with van der Waals surface area (Å²) in [7, 11) is 0. The van der Waals surface area contributed by atoms with E-state index in [2.05, 4.69) is 123 Å². The van der Waals surface area contributed by atoms with Gasteiger partial charge in [0.25, 0.3) is 0 Å². The van der Waals surface area contributed by atoms with Gasteiger partial charge in [-0.25, -0.2) is 5.10 Å². The summed E-state index contributed by atoms with van der Waals surface area (Å²) in [4.78, 5) is 0. The molecule has 176 valence electrons. The molecule has 0 aliphatic carbocycles. The number of H-pyrrole nitrogens is 1. The average Bonchev–Trinajstić information content (AvgIpc) is 3.55. The first-order chi connectivity index (χ1) is 17.8. The number of rotatable bonds is 7. The summed E-state index contributed by atoms with van der Waals surface area (Å²) in [5.74, 6) is 1.36. The normalized spacial score (nSPS) is 11.1. The number of aryl methyl sites for hydroxylation is 1. The number of aromatic nitrogens is 5. The maximum Gasteiger partial charge on any atom is 0.186 e.